The minimum absolute atomic E-state index is 0.204. The van der Waals surface area contributed by atoms with E-state index in [9.17, 15) is 9.50 Å². The third-order valence-corrected chi connectivity index (χ3v) is 2.89. The second kappa shape index (κ2) is 6.12. The molecular formula is C14H21FO2. The van der Waals surface area contributed by atoms with E-state index in [2.05, 4.69) is 0 Å². The summed E-state index contributed by atoms with van der Waals surface area (Å²) in [5.41, 5.74) is 2.10. The number of halogens is 1. The van der Waals surface area contributed by atoms with Crippen molar-refractivity contribution in [2.45, 2.75) is 33.3 Å². The van der Waals surface area contributed by atoms with Crippen molar-refractivity contribution < 1.29 is 14.2 Å². The quantitative estimate of drug-likeness (QED) is 0.856. The van der Waals surface area contributed by atoms with E-state index >= 15 is 0 Å². The van der Waals surface area contributed by atoms with Gasteiger partial charge in [0.2, 0.25) is 0 Å². The Labute approximate surface area is 102 Å². The first-order valence-electron chi connectivity index (χ1n) is 5.89. The van der Waals surface area contributed by atoms with Crippen LogP contribution in [0.5, 0.6) is 0 Å². The first kappa shape index (κ1) is 14.1. The molecule has 0 saturated heterocycles. The van der Waals surface area contributed by atoms with Crippen LogP contribution in [0.2, 0.25) is 0 Å². The van der Waals surface area contributed by atoms with Gasteiger partial charge in [-0.1, -0.05) is 13.0 Å². The maximum Gasteiger partial charge on any atom is 0.129 e. The number of ether oxygens (including phenoxy) is 1. The second-order valence-corrected chi connectivity index (χ2v) is 4.79. The lowest BCUT2D eigenvalue weighted by molar-refractivity contribution is 0.0993. The molecule has 2 unspecified atom stereocenters. The first-order chi connectivity index (χ1) is 7.95. The number of aliphatic hydroxyl groups excluding tert-OH is 1. The lowest BCUT2D eigenvalue weighted by Crippen LogP contribution is -2.12. The van der Waals surface area contributed by atoms with E-state index in [1.165, 1.54) is 6.07 Å². The van der Waals surface area contributed by atoms with Crippen molar-refractivity contribution in [3.8, 4) is 0 Å². The Morgan fingerprint density at radius 2 is 2.00 bits per heavy atom. The Morgan fingerprint density at radius 3 is 2.53 bits per heavy atom. The van der Waals surface area contributed by atoms with Crippen molar-refractivity contribution in [2.24, 2.45) is 5.92 Å². The van der Waals surface area contributed by atoms with Crippen LogP contribution in [0.4, 0.5) is 4.39 Å². The molecule has 1 aromatic rings. The third kappa shape index (κ3) is 3.79. The predicted molar refractivity (Wildman–Crippen MR) is 66.5 cm³/mol. The van der Waals surface area contributed by atoms with Gasteiger partial charge in [-0.2, -0.15) is 0 Å². The Morgan fingerprint density at radius 1 is 1.35 bits per heavy atom. The van der Waals surface area contributed by atoms with E-state index in [4.69, 9.17) is 4.74 Å². The van der Waals surface area contributed by atoms with Crippen LogP contribution in [0.1, 0.15) is 36.1 Å². The summed E-state index contributed by atoms with van der Waals surface area (Å²) in [4.78, 5) is 0. The molecule has 0 radical (unpaired) electrons. The van der Waals surface area contributed by atoms with Gasteiger partial charge in [-0.25, -0.2) is 4.39 Å². The fourth-order valence-corrected chi connectivity index (χ4v) is 2.20. The van der Waals surface area contributed by atoms with Gasteiger partial charge < -0.3 is 9.84 Å². The van der Waals surface area contributed by atoms with Crippen LogP contribution in [-0.4, -0.2) is 18.8 Å². The van der Waals surface area contributed by atoms with E-state index in [1.807, 2.05) is 26.8 Å². The highest BCUT2D eigenvalue weighted by Gasteiger charge is 2.18. The Bertz CT molecular complexity index is 353. The van der Waals surface area contributed by atoms with Gasteiger partial charge in [-0.05, 0) is 43.4 Å². The minimum atomic E-state index is -0.763. The average Bonchev–Trinajstić information content (AvgIpc) is 2.15. The van der Waals surface area contributed by atoms with Crippen molar-refractivity contribution in [1.29, 1.82) is 0 Å². The van der Waals surface area contributed by atoms with Crippen molar-refractivity contribution in [1.82, 2.24) is 0 Å². The molecule has 0 bridgehead atoms. The van der Waals surface area contributed by atoms with Gasteiger partial charge in [0.1, 0.15) is 5.82 Å². The zero-order chi connectivity index (χ0) is 13.0. The van der Waals surface area contributed by atoms with Crippen molar-refractivity contribution in [2.75, 3.05) is 13.7 Å². The minimum Gasteiger partial charge on any atom is -0.388 e. The largest absolute Gasteiger partial charge is 0.388 e. The standard InChI is InChI=1S/C14H21FO2/c1-9-5-11(3)14(12(15)6-9)13(16)7-10(2)8-17-4/h5-6,10,13,16H,7-8H2,1-4H3. The molecule has 2 atom stereocenters. The monoisotopic (exact) mass is 240 g/mol. The maximum atomic E-state index is 13.8. The second-order valence-electron chi connectivity index (χ2n) is 4.79. The normalized spacial score (nSPS) is 14.7. The fraction of sp³-hybridized carbons (Fsp3) is 0.571. The number of hydrogen-bond donors (Lipinski definition) is 1. The molecule has 1 N–H and O–H groups in total. The summed E-state index contributed by atoms with van der Waals surface area (Å²) in [7, 11) is 1.63. The van der Waals surface area contributed by atoms with Crippen LogP contribution < -0.4 is 0 Å². The van der Waals surface area contributed by atoms with Gasteiger partial charge >= 0.3 is 0 Å². The van der Waals surface area contributed by atoms with Crippen LogP contribution in [0.15, 0.2) is 12.1 Å². The molecule has 0 aliphatic carbocycles. The number of rotatable bonds is 5. The van der Waals surface area contributed by atoms with Crippen LogP contribution in [0.3, 0.4) is 0 Å². The zero-order valence-corrected chi connectivity index (χ0v) is 11.0. The summed E-state index contributed by atoms with van der Waals surface area (Å²) in [6, 6.07) is 3.36. The fourth-order valence-electron chi connectivity index (χ4n) is 2.20. The van der Waals surface area contributed by atoms with Crippen LogP contribution in [0.25, 0.3) is 0 Å². The summed E-state index contributed by atoms with van der Waals surface area (Å²) in [6.45, 7) is 6.23. The maximum absolute atomic E-state index is 13.8. The molecule has 0 fully saturated rings. The van der Waals surface area contributed by atoms with Gasteiger partial charge in [0, 0.05) is 19.3 Å². The van der Waals surface area contributed by atoms with Gasteiger partial charge in [0.25, 0.3) is 0 Å². The first-order valence-corrected chi connectivity index (χ1v) is 5.89. The topological polar surface area (TPSA) is 29.5 Å². The highest BCUT2D eigenvalue weighted by atomic mass is 19.1. The molecule has 0 amide bonds. The molecule has 96 valence electrons. The number of aryl methyl sites for hydroxylation is 2. The molecule has 1 aromatic carbocycles. The number of methoxy groups -OCH3 is 1. The molecule has 3 heteroatoms. The van der Waals surface area contributed by atoms with E-state index in [-0.39, 0.29) is 11.7 Å². The number of benzene rings is 1. The van der Waals surface area contributed by atoms with E-state index < -0.39 is 6.10 Å². The van der Waals surface area contributed by atoms with Crippen molar-refractivity contribution in [3.63, 3.8) is 0 Å². The van der Waals surface area contributed by atoms with Crippen molar-refractivity contribution in [3.05, 3.63) is 34.6 Å². The molecule has 1 rings (SSSR count). The lowest BCUT2D eigenvalue weighted by Gasteiger charge is -2.19. The van der Waals surface area contributed by atoms with Crippen LogP contribution in [0, 0.1) is 25.6 Å². The molecule has 2 nitrogen and oxygen atoms in total. The molecule has 0 heterocycles. The Kier molecular flexibility index (Phi) is 5.09. The molecular weight excluding hydrogens is 219 g/mol. The Hall–Kier alpha value is -0.930. The summed E-state index contributed by atoms with van der Waals surface area (Å²) in [5.74, 6) is -0.116. The predicted octanol–water partition coefficient (Wildman–Crippen LogP) is 3.15. The van der Waals surface area contributed by atoms with Gasteiger partial charge in [-0.3, -0.25) is 0 Å². The van der Waals surface area contributed by atoms with Gasteiger partial charge in [-0.15, -0.1) is 0 Å². The Balaban J connectivity index is 2.85. The van der Waals surface area contributed by atoms with Crippen LogP contribution in [-0.2, 0) is 4.74 Å². The molecule has 0 spiro atoms. The van der Waals surface area contributed by atoms with E-state index in [1.54, 1.807) is 7.11 Å². The molecule has 0 aliphatic heterocycles. The molecule has 0 aromatic heterocycles. The SMILES string of the molecule is COCC(C)CC(O)c1c(C)cc(C)cc1F. The van der Waals surface area contributed by atoms with E-state index in [0.29, 0.717) is 18.6 Å². The smallest absolute Gasteiger partial charge is 0.129 e. The molecule has 0 aliphatic rings. The van der Waals surface area contributed by atoms with Crippen molar-refractivity contribution >= 4 is 0 Å². The molecule has 17 heavy (non-hydrogen) atoms. The van der Waals surface area contributed by atoms with E-state index in [0.717, 1.165) is 11.1 Å². The number of aliphatic hydroxyl groups is 1. The lowest BCUT2D eigenvalue weighted by atomic mass is 9.94. The summed E-state index contributed by atoms with van der Waals surface area (Å²) >= 11 is 0. The number of hydrogen-bond acceptors (Lipinski definition) is 2. The van der Waals surface area contributed by atoms with Gasteiger partial charge in [0.15, 0.2) is 0 Å². The summed E-state index contributed by atoms with van der Waals surface area (Å²) < 4.78 is 18.8. The summed E-state index contributed by atoms with van der Waals surface area (Å²) in [6.07, 6.45) is -0.255. The summed E-state index contributed by atoms with van der Waals surface area (Å²) in [5, 5.41) is 10.1. The zero-order valence-electron chi connectivity index (χ0n) is 11.0. The average molecular weight is 240 g/mol. The van der Waals surface area contributed by atoms with Gasteiger partial charge in [0.05, 0.1) is 6.10 Å². The van der Waals surface area contributed by atoms with Crippen LogP contribution >= 0.6 is 0 Å². The highest BCUT2D eigenvalue weighted by molar-refractivity contribution is 5.33. The third-order valence-electron chi connectivity index (χ3n) is 2.89. The highest BCUT2D eigenvalue weighted by Crippen LogP contribution is 2.27. The molecule has 0 saturated carbocycles.